The number of nitrogens with zero attached hydrogens (tertiary/aromatic N) is 1. The summed E-state index contributed by atoms with van der Waals surface area (Å²) in [4.78, 5) is 14.2. The van der Waals surface area contributed by atoms with Crippen LogP contribution < -0.4 is 5.73 Å². The first-order valence-electron chi connectivity index (χ1n) is 6.76. The van der Waals surface area contributed by atoms with E-state index in [2.05, 4.69) is 0 Å². The number of piperidine rings is 1. The average Bonchev–Trinajstić information content (AvgIpc) is 2.89. The van der Waals surface area contributed by atoms with Crippen molar-refractivity contribution in [3.05, 3.63) is 23.8 Å². The molecule has 2 fully saturated rings. The van der Waals surface area contributed by atoms with E-state index in [1.807, 2.05) is 0 Å². The van der Waals surface area contributed by atoms with Gasteiger partial charge in [-0.2, -0.15) is 0 Å². The monoisotopic (exact) mass is 278 g/mol. The van der Waals surface area contributed by atoms with Crippen molar-refractivity contribution >= 4 is 11.6 Å². The number of anilines is 1. The Morgan fingerprint density at radius 3 is 2.85 bits per heavy atom. The Morgan fingerprint density at radius 2 is 2.10 bits per heavy atom. The zero-order valence-electron chi connectivity index (χ0n) is 11.2. The number of rotatable bonds is 1. The molecule has 0 aliphatic carbocycles. The second kappa shape index (κ2) is 4.96. The van der Waals surface area contributed by atoms with E-state index in [-0.39, 0.29) is 22.9 Å². The molecule has 0 saturated carbocycles. The van der Waals surface area contributed by atoms with E-state index in [1.165, 1.54) is 0 Å². The second-order valence-corrected chi connectivity index (χ2v) is 5.18. The van der Waals surface area contributed by atoms with Crippen molar-refractivity contribution < 1.29 is 19.4 Å². The summed E-state index contributed by atoms with van der Waals surface area (Å²) in [6.45, 7) is 2.14. The molecule has 0 atom stereocenters. The number of nitrogen functional groups attached to an aromatic ring is 1. The number of amides is 1. The summed E-state index contributed by atoms with van der Waals surface area (Å²) in [5, 5.41) is 9.92. The summed E-state index contributed by atoms with van der Waals surface area (Å²) >= 11 is 0. The third kappa shape index (κ3) is 2.21. The molecule has 2 heterocycles. The van der Waals surface area contributed by atoms with Crippen LogP contribution in [0.4, 0.5) is 5.69 Å². The first kappa shape index (κ1) is 13.2. The molecule has 0 aromatic heterocycles. The van der Waals surface area contributed by atoms with Crippen LogP contribution in [0, 0.1) is 0 Å². The molecule has 0 bridgehead atoms. The predicted octanol–water partition coefficient (Wildman–Crippen LogP) is 0.953. The number of phenols is 1. The van der Waals surface area contributed by atoms with E-state index in [4.69, 9.17) is 15.2 Å². The Balaban J connectivity index is 1.81. The van der Waals surface area contributed by atoms with Gasteiger partial charge < -0.3 is 25.2 Å². The summed E-state index contributed by atoms with van der Waals surface area (Å²) < 4.78 is 11.3. The van der Waals surface area contributed by atoms with Gasteiger partial charge in [0, 0.05) is 13.0 Å². The maximum atomic E-state index is 12.5. The maximum Gasteiger partial charge on any atom is 0.257 e. The van der Waals surface area contributed by atoms with Gasteiger partial charge >= 0.3 is 0 Å². The van der Waals surface area contributed by atoms with Gasteiger partial charge in [-0.1, -0.05) is 6.07 Å². The van der Waals surface area contributed by atoms with Crippen LogP contribution in [0.25, 0.3) is 0 Å². The van der Waals surface area contributed by atoms with Gasteiger partial charge in [-0.05, 0) is 18.6 Å². The highest BCUT2D eigenvalue weighted by Crippen LogP contribution is 2.32. The number of carbonyl (C=O) groups excluding carboxylic acids is 1. The Morgan fingerprint density at radius 1 is 1.35 bits per heavy atom. The summed E-state index contributed by atoms with van der Waals surface area (Å²) in [6.07, 6.45) is 1.61. The number of hydrogen-bond donors (Lipinski definition) is 2. The lowest BCUT2D eigenvalue weighted by Gasteiger charge is -2.38. The highest BCUT2D eigenvalue weighted by atomic mass is 16.7. The highest BCUT2D eigenvalue weighted by molar-refractivity contribution is 5.98. The molecule has 108 valence electrons. The first-order chi connectivity index (χ1) is 9.61. The van der Waals surface area contributed by atoms with Crippen molar-refractivity contribution in [3.63, 3.8) is 0 Å². The Labute approximate surface area is 117 Å². The number of nitrogens with two attached hydrogens (primary N) is 1. The summed E-state index contributed by atoms with van der Waals surface area (Å²) in [5.74, 6) is -1.07. The minimum absolute atomic E-state index is 0.162. The van der Waals surface area contributed by atoms with Crippen LogP contribution in [-0.4, -0.2) is 48.0 Å². The standard InChI is InChI=1S/C14H18N2O4/c15-11-4-1-3-10(12(11)17)13(18)16-6-2-5-14(9-16)19-7-8-20-14/h1,3-4,17H,2,5-9,15H2. The van der Waals surface area contributed by atoms with Crippen molar-refractivity contribution in [1.29, 1.82) is 0 Å². The largest absolute Gasteiger partial charge is 0.505 e. The molecule has 6 heteroatoms. The van der Waals surface area contributed by atoms with Crippen LogP contribution in [0.5, 0.6) is 5.75 Å². The van der Waals surface area contributed by atoms with Crippen LogP contribution in [0.3, 0.4) is 0 Å². The van der Waals surface area contributed by atoms with Crippen molar-refractivity contribution in [2.45, 2.75) is 18.6 Å². The molecule has 0 unspecified atom stereocenters. The third-order valence-corrected chi connectivity index (χ3v) is 3.82. The lowest BCUT2D eigenvalue weighted by molar-refractivity contribution is -0.183. The van der Waals surface area contributed by atoms with E-state index >= 15 is 0 Å². The van der Waals surface area contributed by atoms with E-state index < -0.39 is 5.79 Å². The SMILES string of the molecule is Nc1cccc(C(=O)N2CCCC3(C2)OCCO3)c1O. The van der Waals surface area contributed by atoms with Crippen molar-refractivity contribution in [3.8, 4) is 5.75 Å². The summed E-state index contributed by atoms with van der Waals surface area (Å²) in [7, 11) is 0. The van der Waals surface area contributed by atoms with Crippen LogP contribution in [0.1, 0.15) is 23.2 Å². The fourth-order valence-electron chi connectivity index (χ4n) is 2.80. The third-order valence-electron chi connectivity index (χ3n) is 3.82. The number of likely N-dealkylation sites (tertiary alicyclic amines) is 1. The van der Waals surface area contributed by atoms with Crippen LogP contribution in [-0.2, 0) is 9.47 Å². The van der Waals surface area contributed by atoms with Gasteiger partial charge in [0.1, 0.15) is 0 Å². The highest BCUT2D eigenvalue weighted by Gasteiger charge is 2.42. The quantitative estimate of drug-likeness (QED) is 0.590. The summed E-state index contributed by atoms with van der Waals surface area (Å²) in [5.41, 5.74) is 6.06. The predicted molar refractivity (Wildman–Crippen MR) is 72.3 cm³/mol. The van der Waals surface area contributed by atoms with E-state index in [0.29, 0.717) is 26.3 Å². The lowest BCUT2D eigenvalue weighted by atomic mass is 10.0. The molecule has 20 heavy (non-hydrogen) atoms. The zero-order chi connectivity index (χ0) is 14.2. The number of hydrogen-bond acceptors (Lipinski definition) is 5. The molecule has 2 saturated heterocycles. The van der Waals surface area contributed by atoms with E-state index in [0.717, 1.165) is 12.8 Å². The average molecular weight is 278 g/mol. The zero-order valence-corrected chi connectivity index (χ0v) is 11.2. The molecule has 6 nitrogen and oxygen atoms in total. The molecule has 3 rings (SSSR count). The van der Waals surface area contributed by atoms with Gasteiger partial charge in [0.2, 0.25) is 0 Å². The number of carbonyl (C=O) groups is 1. The van der Waals surface area contributed by atoms with Gasteiger partial charge in [-0.15, -0.1) is 0 Å². The molecule has 1 amide bonds. The van der Waals surface area contributed by atoms with Gasteiger partial charge in [0.05, 0.1) is 31.0 Å². The normalized spacial score (nSPS) is 21.3. The van der Waals surface area contributed by atoms with E-state index in [9.17, 15) is 9.90 Å². The topological polar surface area (TPSA) is 85.0 Å². The van der Waals surface area contributed by atoms with Gasteiger partial charge in [0.15, 0.2) is 11.5 Å². The second-order valence-electron chi connectivity index (χ2n) is 5.18. The number of benzene rings is 1. The molecule has 3 N–H and O–H groups in total. The molecule has 2 aliphatic heterocycles. The number of ether oxygens (including phenoxy) is 2. The fourth-order valence-corrected chi connectivity index (χ4v) is 2.80. The van der Waals surface area contributed by atoms with Gasteiger partial charge in [-0.25, -0.2) is 0 Å². The smallest absolute Gasteiger partial charge is 0.257 e. The molecule has 1 spiro atoms. The van der Waals surface area contributed by atoms with E-state index in [1.54, 1.807) is 23.1 Å². The molecule has 1 aromatic carbocycles. The van der Waals surface area contributed by atoms with Crippen molar-refractivity contribution in [2.75, 3.05) is 32.0 Å². The van der Waals surface area contributed by atoms with Gasteiger partial charge in [0.25, 0.3) is 5.91 Å². The van der Waals surface area contributed by atoms with Crippen molar-refractivity contribution in [1.82, 2.24) is 4.90 Å². The molecule has 1 aromatic rings. The minimum atomic E-state index is -0.663. The fraction of sp³-hybridized carbons (Fsp3) is 0.500. The lowest BCUT2D eigenvalue weighted by Crippen LogP contribution is -2.51. The number of aromatic hydroxyl groups is 1. The number of para-hydroxylation sites is 1. The molecule has 0 radical (unpaired) electrons. The van der Waals surface area contributed by atoms with Crippen molar-refractivity contribution in [2.24, 2.45) is 0 Å². The minimum Gasteiger partial charge on any atom is -0.505 e. The molecule has 2 aliphatic rings. The van der Waals surface area contributed by atoms with Crippen LogP contribution in [0.15, 0.2) is 18.2 Å². The molecular formula is C14H18N2O4. The van der Waals surface area contributed by atoms with Crippen LogP contribution in [0.2, 0.25) is 0 Å². The summed E-state index contributed by atoms with van der Waals surface area (Å²) in [6, 6.07) is 4.79. The van der Waals surface area contributed by atoms with Gasteiger partial charge in [-0.3, -0.25) is 4.79 Å². The van der Waals surface area contributed by atoms with Crippen LogP contribution >= 0.6 is 0 Å². The first-order valence-corrected chi connectivity index (χ1v) is 6.76. The number of phenolic OH excluding ortho intramolecular Hbond substituents is 1. The maximum absolute atomic E-state index is 12.5. The molecular weight excluding hydrogens is 260 g/mol. The Bertz CT molecular complexity index is 526. The Kier molecular flexibility index (Phi) is 3.27. The Hall–Kier alpha value is -1.79.